The van der Waals surface area contributed by atoms with Crippen LogP contribution < -0.4 is 16.0 Å². The molecule has 2 rings (SSSR count). The van der Waals surface area contributed by atoms with Gasteiger partial charge in [0.25, 0.3) is 0 Å². The number of nitrogens with one attached hydrogen (secondary N) is 3. The maximum absolute atomic E-state index is 12.0. The molecule has 0 heterocycles. The van der Waals surface area contributed by atoms with E-state index in [1.165, 1.54) is 18.4 Å². The normalized spacial score (nSPS) is 15.8. The lowest BCUT2D eigenvalue weighted by molar-refractivity contribution is -0.121. The summed E-state index contributed by atoms with van der Waals surface area (Å²) in [5.74, 6) is 0.731. The second-order valence-electron chi connectivity index (χ2n) is 7.20. The molecule has 0 spiro atoms. The van der Waals surface area contributed by atoms with Crippen LogP contribution in [0.25, 0.3) is 0 Å². The van der Waals surface area contributed by atoms with Crippen molar-refractivity contribution in [3.8, 4) is 0 Å². The first kappa shape index (κ1) is 19.3. The molecular formula is C20H31N3O2. The van der Waals surface area contributed by atoms with Gasteiger partial charge in [0.15, 0.2) is 0 Å². The number of urea groups is 1. The van der Waals surface area contributed by atoms with Crippen LogP contribution in [-0.4, -0.2) is 31.1 Å². The molecular weight excluding hydrogens is 314 g/mol. The summed E-state index contributed by atoms with van der Waals surface area (Å²) in [5, 5.41) is 8.73. The Balaban J connectivity index is 1.66. The molecule has 1 aromatic rings. The van der Waals surface area contributed by atoms with Gasteiger partial charge in [-0.3, -0.25) is 4.79 Å². The summed E-state index contributed by atoms with van der Waals surface area (Å²) in [6.45, 7) is 5.26. The highest BCUT2D eigenvalue weighted by Gasteiger charge is 2.18. The van der Waals surface area contributed by atoms with Crippen LogP contribution in [0.2, 0.25) is 0 Å². The van der Waals surface area contributed by atoms with Gasteiger partial charge in [0.2, 0.25) is 5.91 Å². The third-order valence-electron chi connectivity index (χ3n) is 4.87. The van der Waals surface area contributed by atoms with E-state index in [-0.39, 0.29) is 17.9 Å². The average Bonchev–Trinajstić information content (AvgIpc) is 3.08. The fraction of sp³-hybridized carbons (Fsp3) is 0.600. The highest BCUT2D eigenvalue weighted by Crippen LogP contribution is 2.23. The molecule has 5 heteroatoms. The number of carbonyl (C=O) groups is 2. The van der Waals surface area contributed by atoms with Gasteiger partial charge in [0, 0.05) is 31.5 Å². The van der Waals surface area contributed by atoms with E-state index in [2.05, 4.69) is 41.9 Å². The predicted molar refractivity (Wildman–Crippen MR) is 100 cm³/mol. The molecule has 1 aliphatic rings. The average molecular weight is 345 g/mol. The zero-order chi connectivity index (χ0) is 18.1. The van der Waals surface area contributed by atoms with Crippen molar-refractivity contribution in [2.75, 3.05) is 13.1 Å². The van der Waals surface area contributed by atoms with Crippen LogP contribution >= 0.6 is 0 Å². The van der Waals surface area contributed by atoms with E-state index in [1.54, 1.807) is 0 Å². The van der Waals surface area contributed by atoms with Crippen molar-refractivity contribution in [3.05, 3.63) is 35.9 Å². The van der Waals surface area contributed by atoms with Crippen LogP contribution in [0.5, 0.6) is 0 Å². The minimum Gasteiger partial charge on any atom is -0.353 e. The van der Waals surface area contributed by atoms with Gasteiger partial charge in [-0.05, 0) is 24.3 Å². The van der Waals surface area contributed by atoms with Crippen molar-refractivity contribution in [2.45, 2.75) is 57.9 Å². The number of benzene rings is 1. The monoisotopic (exact) mass is 345 g/mol. The number of amides is 3. The Hall–Kier alpha value is -2.04. The molecule has 0 aliphatic heterocycles. The molecule has 5 nitrogen and oxygen atoms in total. The Bertz CT molecular complexity index is 539. The van der Waals surface area contributed by atoms with Gasteiger partial charge < -0.3 is 16.0 Å². The second kappa shape index (κ2) is 10.1. The van der Waals surface area contributed by atoms with Gasteiger partial charge in [-0.2, -0.15) is 0 Å². The maximum atomic E-state index is 12.0. The summed E-state index contributed by atoms with van der Waals surface area (Å²) in [5.41, 5.74) is 1.23. The van der Waals surface area contributed by atoms with Crippen LogP contribution in [0, 0.1) is 5.92 Å². The third-order valence-corrected chi connectivity index (χ3v) is 4.87. The van der Waals surface area contributed by atoms with Crippen molar-refractivity contribution < 1.29 is 9.59 Å². The summed E-state index contributed by atoms with van der Waals surface area (Å²) < 4.78 is 0. The summed E-state index contributed by atoms with van der Waals surface area (Å²) in [7, 11) is 0. The zero-order valence-electron chi connectivity index (χ0n) is 15.4. The maximum Gasteiger partial charge on any atom is 0.314 e. The smallest absolute Gasteiger partial charge is 0.314 e. The Morgan fingerprint density at radius 2 is 1.76 bits per heavy atom. The molecule has 138 valence electrons. The van der Waals surface area contributed by atoms with Gasteiger partial charge in [-0.25, -0.2) is 4.79 Å². The Morgan fingerprint density at radius 3 is 2.40 bits per heavy atom. The van der Waals surface area contributed by atoms with E-state index in [9.17, 15) is 9.59 Å². The molecule has 0 aromatic heterocycles. The lowest BCUT2D eigenvalue weighted by Crippen LogP contribution is -2.41. The summed E-state index contributed by atoms with van der Waals surface area (Å²) in [6.07, 6.45) is 4.88. The molecule has 0 bridgehead atoms. The molecule has 3 N–H and O–H groups in total. The molecule has 0 saturated heterocycles. The van der Waals surface area contributed by atoms with Crippen molar-refractivity contribution in [2.24, 2.45) is 5.92 Å². The molecule has 1 atom stereocenters. The van der Waals surface area contributed by atoms with Crippen LogP contribution in [0.1, 0.15) is 57.4 Å². The van der Waals surface area contributed by atoms with Crippen molar-refractivity contribution in [1.82, 2.24) is 16.0 Å². The van der Waals surface area contributed by atoms with E-state index >= 15 is 0 Å². The van der Waals surface area contributed by atoms with Crippen LogP contribution in [0.3, 0.4) is 0 Å². The van der Waals surface area contributed by atoms with Crippen molar-refractivity contribution in [1.29, 1.82) is 0 Å². The minimum atomic E-state index is -0.213. The lowest BCUT2D eigenvalue weighted by atomic mass is 9.88. The highest BCUT2D eigenvalue weighted by molar-refractivity contribution is 5.78. The molecule has 1 fully saturated rings. The fourth-order valence-corrected chi connectivity index (χ4v) is 3.36. The van der Waals surface area contributed by atoms with E-state index < -0.39 is 0 Å². The van der Waals surface area contributed by atoms with E-state index in [1.807, 2.05) is 18.2 Å². The minimum absolute atomic E-state index is 0.0246. The van der Waals surface area contributed by atoms with Gasteiger partial charge in [-0.15, -0.1) is 0 Å². The van der Waals surface area contributed by atoms with E-state index in [4.69, 9.17) is 0 Å². The third kappa shape index (κ3) is 6.77. The van der Waals surface area contributed by atoms with E-state index in [0.29, 0.717) is 31.5 Å². The molecule has 3 amide bonds. The number of carbonyl (C=O) groups excluding carboxylic acids is 2. The Labute approximate surface area is 151 Å². The SMILES string of the molecule is CC(C)C(CNC(=O)NCCC(=O)NC1CCCC1)c1ccccc1. The van der Waals surface area contributed by atoms with Gasteiger partial charge in [0.05, 0.1) is 0 Å². The second-order valence-corrected chi connectivity index (χ2v) is 7.20. The standard InChI is InChI=1S/C20H31N3O2/c1-15(2)18(16-8-4-3-5-9-16)14-22-20(25)21-13-12-19(24)23-17-10-6-7-11-17/h3-5,8-9,15,17-18H,6-7,10-14H2,1-2H3,(H,23,24)(H2,21,22,25). The van der Waals surface area contributed by atoms with Gasteiger partial charge in [0.1, 0.15) is 0 Å². The Kier molecular flexibility index (Phi) is 7.76. The quantitative estimate of drug-likeness (QED) is 0.677. The zero-order valence-corrected chi connectivity index (χ0v) is 15.4. The number of hydrogen-bond acceptors (Lipinski definition) is 2. The first-order valence-corrected chi connectivity index (χ1v) is 9.42. The Morgan fingerprint density at radius 1 is 1.08 bits per heavy atom. The molecule has 1 unspecified atom stereocenters. The number of hydrogen-bond donors (Lipinski definition) is 3. The van der Waals surface area contributed by atoms with Crippen LogP contribution in [0.15, 0.2) is 30.3 Å². The predicted octanol–water partition coefficient (Wildman–Crippen LogP) is 3.17. The number of rotatable bonds is 8. The van der Waals surface area contributed by atoms with Crippen LogP contribution in [-0.2, 0) is 4.79 Å². The summed E-state index contributed by atoms with van der Waals surface area (Å²) in [4.78, 5) is 23.8. The van der Waals surface area contributed by atoms with Crippen LogP contribution in [0.4, 0.5) is 4.79 Å². The topological polar surface area (TPSA) is 70.2 Å². The summed E-state index contributed by atoms with van der Waals surface area (Å²) >= 11 is 0. The first-order valence-electron chi connectivity index (χ1n) is 9.42. The molecule has 1 aliphatic carbocycles. The van der Waals surface area contributed by atoms with Gasteiger partial charge in [-0.1, -0.05) is 57.0 Å². The molecule has 1 aromatic carbocycles. The van der Waals surface area contributed by atoms with E-state index in [0.717, 1.165) is 12.8 Å². The highest BCUT2D eigenvalue weighted by atomic mass is 16.2. The van der Waals surface area contributed by atoms with Crippen molar-refractivity contribution >= 4 is 11.9 Å². The molecule has 25 heavy (non-hydrogen) atoms. The fourth-order valence-electron chi connectivity index (χ4n) is 3.36. The largest absolute Gasteiger partial charge is 0.353 e. The molecule has 0 radical (unpaired) electrons. The first-order chi connectivity index (χ1) is 12.1. The summed E-state index contributed by atoms with van der Waals surface area (Å²) in [6, 6.07) is 10.4. The lowest BCUT2D eigenvalue weighted by Gasteiger charge is -2.22. The molecule has 1 saturated carbocycles. The van der Waals surface area contributed by atoms with Gasteiger partial charge >= 0.3 is 6.03 Å². The van der Waals surface area contributed by atoms with Crippen molar-refractivity contribution in [3.63, 3.8) is 0 Å².